The number of aromatic nitrogens is 3. The first-order valence-corrected chi connectivity index (χ1v) is 10.6. The van der Waals surface area contributed by atoms with Crippen LogP contribution in [0.2, 0.25) is 0 Å². The monoisotopic (exact) mass is 402 g/mol. The zero-order valence-electron chi connectivity index (χ0n) is 17.2. The number of rotatable bonds is 5. The lowest BCUT2D eigenvalue weighted by Gasteiger charge is -2.34. The molecule has 0 bridgehead atoms. The molecule has 6 heteroatoms. The van der Waals surface area contributed by atoms with Gasteiger partial charge in [0.2, 0.25) is 0 Å². The van der Waals surface area contributed by atoms with Crippen molar-refractivity contribution in [3.63, 3.8) is 0 Å². The highest BCUT2D eigenvalue weighted by molar-refractivity contribution is 5.98. The molecule has 1 saturated heterocycles. The lowest BCUT2D eigenvalue weighted by molar-refractivity contribution is 0.0601. The van der Waals surface area contributed by atoms with E-state index in [2.05, 4.69) is 21.8 Å². The number of piperidine rings is 1. The molecule has 2 aromatic heterocycles. The molecular weight excluding hydrogens is 376 g/mol. The predicted octanol–water partition coefficient (Wildman–Crippen LogP) is 4.53. The van der Waals surface area contributed by atoms with Crippen molar-refractivity contribution in [1.29, 1.82) is 0 Å². The number of aromatic amines is 1. The van der Waals surface area contributed by atoms with Gasteiger partial charge in [-0.3, -0.25) is 4.79 Å². The smallest absolute Gasteiger partial charge is 0.254 e. The average molecular weight is 402 g/mol. The van der Waals surface area contributed by atoms with E-state index in [-0.39, 0.29) is 11.9 Å². The molecule has 3 heterocycles. The highest BCUT2D eigenvalue weighted by Crippen LogP contribution is 2.32. The van der Waals surface area contributed by atoms with Gasteiger partial charge >= 0.3 is 0 Å². The minimum absolute atomic E-state index is 0.0133. The molecule has 1 fully saturated rings. The van der Waals surface area contributed by atoms with Crippen LogP contribution in [0.1, 0.15) is 41.5 Å². The Morgan fingerprint density at radius 3 is 2.97 bits per heavy atom. The van der Waals surface area contributed by atoms with Gasteiger partial charge in [0.05, 0.1) is 23.7 Å². The van der Waals surface area contributed by atoms with E-state index in [0.717, 1.165) is 65.7 Å². The number of benzene rings is 2. The molecule has 1 aliphatic heterocycles. The molecule has 2 aromatic carbocycles. The van der Waals surface area contributed by atoms with Crippen LogP contribution in [0.3, 0.4) is 0 Å². The SMILES string of the molecule is COCCn1ccc2cc(C(=O)N3CCCC[C@@H]3c3nc4ccccc4[nH]3)ccc21. The number of carbonyl (C=O) groups is 1. The Morgan fingerprint density at radius 2 is 2.10 bits per heavy atom. The number of hydrogen-bond acceptors (Lipinski definition) is 3. The molecule has 1 N–H and O–H groups in total. The fourth-order valence-electron chi connectivity index (χ4n) is 4.47. The quantitative estimate of drug-likeness (QED) is 0.533. The summed E-state index contributed by atoms with van der Waals surface area (Å²) in [5, 5.41) is 1.08. The molecule has 4 aromatic rings. The number of methoxy groups -OCH3 is 1. The Kier molecular flexibility index (Phi) is 5.01. The van der Waals surface area contributed by atoms with Crippen LogP contribution in [0.25, 0.3) is 21.9 Å². The number of amides is 1. The van der Waals surface area contributed by atoms with Crippen molar-refractivity contribution in [2.75, 3.05) is 20.3 Å². The van der Waals surface area contributed by atoms with Crippen LogP contribution in [0, 0.1) is 0 Å². The van der Waals surface area contributed by atoms with Crippen LogP contribution < -0.4 is 0 Å². The molecule has 6 nitrogen and oxygen atoms in total. The fourth-order valence-corrected chi connectivity index (χ4v) is 4.47. The Labute approximate surface area is 175 Å². The maximum atomic E-state index is 13.5. The number of ether oxygens (including phenoxy) is 1. The minimum atomic E-state index is -0.0133. The molecule has 0 unspecified atom stereocenters. The third kappa shape index (κ3) is 3.37. The summed E-state index contributed by atoms with van der Waals surface area (Å²) < 4.78 is 7.35. The zero-order valence-corrected chi connectivity index (χ0v) is 17.2. The van der Waals surface area contributed by atoms with E-state index >= 15 is 0 Å². The second-order valence-electron chi connectivity index (χ2n) is 7.92. The van der Waals surface area contributed by atoms with Crippen molar-refractivity contribution in [3.05, 3.63) is 66.1 Å². The molecule has 0 spiro atoms. The molecule has 1 atom stereocenters. The highest BCUT2D eigenvalue weighted by atomic mass is 16.5. The first kappa shape index (κ1) is 18.9. The molecule has 0 aliphatic carbocycles. The fraction of sp³-hybridized carbons (Fsp3) is 0.333. The van der Waals surface area contributed by atoms with Crippen LogP contribution >= 0.6 is 0 Å². The lowest BCUT2D eigenvalue weighted by atomic mass is 10.00. The number of imidazole rings is 1. The average Bonchev–Trinajstić information content (AvgIpc) is 3.40. The molecule has 30 heavy (non-hydrogen) atoms. The summed E-state index contributed by atoms with van der Waals surface area (Å²) in [6, 6.07) is 16.1. The second-order valence-corrected chi connectivity index (χ2v) is 7.92. The minimum Gasteiger partial charge on any atom is -0.383 e. The van der Waals surface area contributed by atoms with Crippen molar-refractivity contribution < 1.29 is 9.53 Å². The molecular formula is C24H26N4O2. The van der Waals surface area contributed by atoms with E-state index < -0.39 is 0 Å². The van der Waals surface area contributed by atoms with Crippen molar-refractivity contribution in [1.82, 2.24) is 19.4 Å². The van der Waals surface area contributed by atoms with Crippen LogP contribution in [-0.4, -0.2) is 45.6 Å². The maximum absolute atomic E-state index is 13.5. The summed E-state index contributed by atoms with van der Waals surface area (Å²) in [7, 11) is 1.71. The first-order chi connectivity index (χ1) is 14.7. The van der Waals surface area contributed by atoms with Gasteiger partial charge in [-0.25, -0.2) is 4.98 Å². The Hall–Kier alpha value is -3.12. The predicted molar refractivity (Wildman–Crippen MR) is 118 cm³/mol. The van der Waals surface area contributed by atoms with E-state index in [1.807, 2.05) is 47.4 Å². The Balaban J connectivity index is 1.44. The van der Waals surface area contributed by atoms with Gasteiger partial charge in [0.15, 0.2) is 0 Å². The Morgan fingerprint density at radius 1 is 1.20 bits per heavy atom. The van der Waals surface area contributed by atoms with Gasteiger partial charge in [-0.2, -0.15) is 0 Å². The number of fused-ring (bicyclic) bond motifs is 2. The standard InChI is InChI=1S/C24H26N4O2/c1-30-15-14-27-13-11-17-16-18(9-10-21(17)27)24(29)28-12-5-4-8-22(28)23-25-19-6-2-3-7-20(19)26-23/h2-3,6-7,9-11,13,16,22H,4-5,8,12,14-15H2,1H3,(H,25,26)/t22-/m1/s1. The van der Waals surface area contributed by atoms with Gasteiger partial charge in [0.1, 0.15) is 5.82 Å². The Bertz CT molecular complexity index is 1160. The number of para-hydroxylation sites is 2. The van der Waals surface area contributed by atoms with E-state index in [9.17, 15) is 4.79 Å². The summed E-state index contributed by atoms with van der Waals surface area (Å²) in [5.41, 5.74) is 3.82. The number of carbonyl (C=O) groups excluding carboxylic acids is 1. The zero-order chi connectivity index (χ0) is 20.5. The number of H-pyrrole nitrogens is 1. The van der Waals surface area contributed by atoms with Crippen molar-refractivity contribution in [2.24, 2.45) is 0 Å². The maximum Gasteiger partial charge on any atom is 0.254 e. The normalized spacial score (nSPS) is 17.1. The molecule has 1 aliphatic rings. The van der Waals surface area contributed by atoms with Crippen LogP contribution in [-0.2, 0) is 11.3 Å². The number of nitrogens with one attached hydrogen (secondary N) is 1. The summed E-state index contributed by atoms with van der Waals surface area (Å²) in [6.45, 7) is 2.22. The van der Waals surface area contributed by atoms with E-state index in [1.54, 1.807) is 7.11 Å². The number of hydrogen-bond donors (Lipinski definition) is 1. The van der Waals surface area contributed by atoms with E-state index in [1.165, 1.54) is 0 Å². The summed E-state index contributed by atoms with van der Waals surface area (Å²) in [6.07, 6.45) is 5.11. The summed E-state index contributed by atoms with van der Waals surface area (Å²) >= 11 is 0. The van der Waals surface area contributed by atoms with Gasteiger partial charge in [-0.1, -0.05) is 12.1 Å². The lowest BCUT2D eigenvalue weighted by Crippen LogP contribution is -2.39. The molecule has 0 radical (unpaired) electrons. The topological polar surface area (TPSA) is 63.1 Å². The number of likely N-dealkylation sites (tertiary alicyclic amines) is 1. The van der Waals surface area contributed by atoms with Gasteiger partial charge in [-0.05, 0) is 55.7 Å². The van der Waals surface area contributed by atoms with Gasteiger partial charge in [0.25, 0.3) is 5.91 Å². The molecule has 154 valence electrons. The van der Waals surface area contributed by atoms with E-state index in [0.29, 0.717) is 6.61 Å². The van der Waals surface area contributed by atoms with E-state index in [4.69, 9.17) is 9.72 Å². The summed E-state index contributed by atoms with van der Waals surface area (Å²) in [4.78, 5) is 23.7. The van der Waals surface area contributed by atoms with Crippen LogP contribution in [0.15, 0.2) is 54.7 Å². The third-order valence-electron chi connectivity index (χ3n) is 6.04. The summed E-state index contributed by atoms with van der Waals surface area (Å²) in [5.74, 6) is 0.961. The first-order valence-electron chi connectivity index (χ1n) is 10.6. The van der Waals surface area contributed by atoms with Crippen molar-refractivity contribution in [3.8, 4) is 0 Å². The van der Waals surface area contributed by atoms with Gasteiger partial charge in [0, 0.05) is 42.9 Å². The van der Waals surface area contributed by atoms with Crippen molar-refractivity contribution >= 4 is 27.8 Å². The molecule has 0 saturated carbocycles. The molecule has 1 amide bonds. The third-order valence-corrected chi connectivity index (χ3v) is 6.04. The molecule has 5 rings (SSSR count). The van der Waals surface area contributed by atoms with Gasteiger partial charge in [-0.15, -0.1) is 0 Å². The van der Waals surface area contributed by atoms with Crippen LogP contribution in [0.5, 0.6) is 0 Å². The van der Waals surface area contributed by atoms with Gasteiger partial charge < -0.3 is 19.2 Å². The largest absolute Gasteiger partial charge is 0.383 e. The highest BCUT2D eigenvalue weighted by Gasteiger charge is 2.31. The number of nitrogens with zero attached hydrogens (tertiary/aromatic N) is 3. The van der Waals surface area contributed by atoms with Crippen molar-refractivity contribution in [2.45, 2.75) is 31.8 Å². The van der Waals surface area contributed by atoms with Crippen LogP contribution in [0.4, 0.5) is 0 Å². The second kappa shape index (κ2) is 7.95.